The summed E-state index contributed by atoms with van der Waals surface area (Å²) in [5.74, 6) is 0. The van der Waals surface area contributed by atoms with Crippen LogP contribution < -0.4 is 5.32 Å². The average Bonchev–Trinajstić information content (AvgIpc) is 2.29. The molecule has 2 aromatic rings. The Kier molecular flexibility index (Phi) is 2.86. The van der Waals surface area contributed by atoms with Gasteiger partial charge in [-0.2, -0.15) is 0 Å². The molecule has 0 aliphatic rings. The van der Waals surface area contributed by atoms with Gasteiger partial charge in [0.15, 0.2) is 0 Å². The van der Waals surface area contributed by atoms with Crippen molar-refractivity contribution in [1.82, 2.24) is 4.98 Å². The van der Waals surface area contributed by atoms with Crippen molar-refractivity contribution < 1.29 is 0 Å². The lowest BCUT2D eigenvalue weighted by molar-refractivity contribution is 0.764. The zero-order valence-corrected chi connectivity index (χ0v) is 9.20. The second-order valence-corrected chi connectivity index (χ2v) is 3.86. The monoisotopic (exact) mass is 200 g/mol. The van der Waals surface area contributed by atoms with Gasteiger partial charge in [0.2, 0.25) is 0 Å². The number of anilines is 1. The standard InChI is InChI=1S/C13H16N2/c1-3-10(2)15-12-6-7-13-11(9-12)5-4-8-14-13/h4-10,15H,3H2,1-2H3/t10-/m0/s1. The largest absolute Gasteiger partial charge is 0.383 e. The van der Waals surface area contributed by atoms with Gasteiger partial charge in [-0.05, 0) is 37.6 Å². The number of aromatic nitrogens is 1. The third-order valence-corrected chi connectivity index (χ3v) is 2.63. The first-order valence-electron chi connectivity index (χ1n) is 5.41. The van der Waals surface area contributed by atoms with Crippen LogP contribution in [0, 0.1) is 0 Å². The number of hydrogen-bond acceptors (Lipinski definition) is 2. The van der Waals surface area contributed by atoms with E-state index in [1.807, 2.05) is 12.3 Å². The molecule has 78 valence electrons. The molecule has 1 N–H and O–H groups in total. The third kappa shape index (κ3) is 2.27. The van der Waals surface area contributed by atoms with E-state index in [4.69, 9.17) is 0 Å². The second-order valence-electron chi connectivity index (χ2n) is 3.86. The number of hydrogen-bond donors (Lipinski definition) is 1. The van der Waals surface area contributed by atoms with Crippen molar-refractivity contribution in [3.63, 3.8) is 0 Å². The molecule has 1 heterocycles. The van der Waals surface area contributed by atoms with Gasteiger partial charge >= 0.3 is 0 Å². The fourth-order valence-electron chi connectivity index (χ4n) is 1.55. The summed E-state index contributed by atoms with van der Waals surface area (Å²) in [4.78, 5) is 4.29. The zero-order chi connectivity index (χ0) is 10.7. The summed E-state index contributed by atoms with van der Waals surface area (Å²) < 4.78 is 0. The number of nitrogens with zero attached hydrogens (tertiary/aromatic N) is 1. The summed E-state index contributed by atoms with van der Waals surface area (Å²) in [6, 6.07) is 10.9. The van der Waals surface area contributed by atoms with E-state index in [-0.39, 0.29) is 0 Å². The predicted octanol–water partition coefficient (Wildman–Crippen LogP) is 3.45. The summed E-state index contributed by atoms with van der Waals surface area (Å²) in [7, 11) is 0. The first-order valence-corrected chi connectivity index (χ1v) is 5.41. The van der Waals surface area contributed by atoms with Crippen LogP contribution in [0.5, 0.6) is 0 Å². The molecule has 2 rings (SSSR count). The highest BCUT2D eigenvalue weighted by Crippen LogP contribution is 2.17. The van der Waals surface area contributed by atoms with Crippen LogP contribution >= 0.6 is 0 Å². The van der Waals surface area contributed by atoms with E-state index in [0.717, 1.165) is 11.9 Å². The van der Waals surface area contributed by atoms with E-state index in [9.17, 15) is 0 Å². The Morgan fingerprint density at radius 2 is 2.20 bits per heavy atom. The highest BCUT2D eigenvalue weighted by Gasteiger charge is 1.99. The van der Waals surface area contributed by atoms with Crippen molar-refractivity contribution in [2.75, 3.05) is 5.32 Å². The Labute approximate surface area is 90.3 Å². The minimum absolute atomic E-state index is 0.513. The fraction of sp³-hybridized carbons (Fsp3) is 0.308. The summed E-state index contributed by atoms with van der Waals surface area (Å²) in [5, 5.41) is 4.64. The lowest BCUT2D eigenvalue weighted by atomic mass is 10.2. The van der Waals surface area contributed by atoms with E-state index in [0.29, 0.717) is 6.04 Å². The number of pyridine rings is 1. The van der Waals surface area contributed by atoms with Crippen molar-refractivity contribution in [1.29, 1.82) is 0 Å². The van der Waals surface area contributed by atoms with Crippen LogP contribution in [0.3, 0.4) is 0 Å². The van der Waals surface area contributed by atoms with Crippen LogP contribution in [0.15, 0.2) is 36.5 Å². The molecular weight excluding hydrogens is 184 g/mol. The highest BCUT2D eigenvalue weighted by atomic mass is 14.9. The average molecular weight is 200 g/mol. The molecule has 0 saturated carbocycles. The molecule has 0 aliphatic carbocycles. The summed E-state index contributed by atoms with van der Waals surface area (Å²) >= 11 is 0. The summed E-state index contributed by atoms with van der Waals surface area (Å²) in [6.07, 6.45) is 2.95. The van der Waals surface area contributed by atoms with Crippen molar-refractivity contribution >= 4 is 16.6 Å². The van der Waals surface area contributed by atoms with Crippen LogP contribution in [-0.4, -0.2) is 11.0 Å². The smallest absolute Gasteiger partial charge is 0.0703 e. The van der Waals surface area contributed by atoms with E-state index in [2.05, 4.69) is 48.4 Å². The number of fused-ring (bicyclic) bond motifs is 1. The van der Waals surface area contributed by atoms with Gasteiger partial charge < -0.3 is 5.32 Å². The molecule has 0 aliphatic heterocycles. The first kappa shape index (κ1) is 9.97. The van der Waals surface area contributed by atoms with Gasteiger partial charge in [0, 0.05) is 23.3 Å². The quantitative estimate of drug-likeness (QED) is 0.820. The number of nitrogens with one attached hydrogen (secondary N) is 1. The van der Waals surface area contributed by atoms with Crippen molar-refractivity contribution in [3.8, 4) is 0 Å². The summed E-state index contributed by atoms with van der Waals surface area (Å²) in [6.45, 7) is 4.37. The van der Waals surface area contributed by atoms with Crippen LogP contribution in [-0.2, 0) is 0 Å². The number of benzene rings is 1. The Bertz CT molecular complexity index is 451. The highest BCUT2D eigenvalue weighted by molar-refractivity contribution is 5.82. The fourth-order valence-corrected chi connectivity index (χ4v) is 1.55. The normalized spacial score (nSPS) is 12.7. The van der Waals surface area contributed by atoms with E-state index < -0.39 is 0 Å². The predicted molar refractivity (Wildman–Crippen MR) is 65.1 cm³/mol. The maximum atomic E-state index is 4.29. The third-order valence-electron chi connectivity index (χ3n) is 2.63. The SMILES string of the molecule is CC[C@H](C)Nc1ccc2ncccc2c1. The molecule has 1 aromatic heterocycles. The van der Waals surface area contributed by atoms with Crippen LogP contribution in [0.1, 0.15) is 20.3 Å². The molecule has 0 amide bonds. The van der Waals surface area contributed by atoms with Crippen molar-refractivity contribution in [2.24, 2.45) is 0 Å². The van der Waals surface area contributed by atoms with Crippen LogP contribution in [0.2, 0.25) is 0 Å². The molecule has 0 spiro atoms. The van der Waals surface area contributed by atoms with Gasteiger partial charge in [0.05, 0.1) is 5.52 Å². The van der Waals surface area contributed by atoms with E-state index in [1.54, 1.807) is 0 Å². The molecule has 0 radical (unpaired) electrons. The Morgan fingerprint density at radius 3 is 3.00 bits per heavy atom. The first-order chi connectivity index (χ1) is 7.29. The number of rotatable bonds is 3. The van der Waals surface area contributed by atoms with Gasteiger partial charge in [-0.25, -0.2) is 0 Å². The Balaban J connectivity index is 2.30. The molecule has 0 saturated heterocycles. The molecule has 1 atom stereocenters. The maximum Gasteiger partial charge on any atom is 0.0703 e. The molecule has 0 unspecified atom stereocenters. The molecule has 0 bridgehead atoms. The Morgan fingerprint density at radius 1 is 1.33 bits per heavy atom. The lowest BCUT2D eigenvalue weighted by Crippen LogP contribution is -2.13. The van der Waals surface area contributed by atoms with Gasteiger partial charge in [-0.1, -0.05) is 13.0 Å². The van der Waals surface area contributed by atoms with Crippen molar-refractivity contribution in [2.45, 2.75) is 26.3 Å². The minimum atomic E-state index is 0.513. The topological polar surface area (TPSA) is 24.9 Å². The molecule has 15 heavy (non-hydrogen) atoms. The zero-order valence-electron chi connectivity index (χ0n) is 9.20. The van der Waals surface area contributed by atoms with E-state index >= 15 is 0 Å². The molecule has 1 aromatic carbocycles. The minimum Gasteiger partial charge on any atom is -0.383 e. The van der Waals surface area contributed by atoms with Gasteiger partial charge in [-0.15, -0.1) is 0 Å². The molecule has 0 fully saturated rings. The lowest BCUT2D eigenvalue weighted by Gasteiger charge is -2.13. The van der Waals surface area contributed by atoms with Gasteiger partial charge in [-0.3, -0.25) is 4.98 Å². The summed E-state index contributed by atoms with van der Waals surface area (Å²) in [5.41, 5.74) is 2.22. The van der Waals surface area contributed by atoms with E-state index in [1.165, 1.54) is 11.1 Å². The maximum absolute atomic E-state index is 4.29. The molecular formula is C13H16N2. The molecule has 2 nitrogen and oxygen atoms in total. The second kappa shape index (κ2) is 4.30. The molecule has 2 heteroatoms. The van der Waals surface area contributed by atoms with Gasteiger partial charge in [0.1, 0.15) is 0 Å². The van der Waals surface area contributed by atoms with Crippen molar-refractivity contribution in [3.05, 3.63) is 36.5 Å². The Hall–Kier alpha value is -1.57. The van der Waals surface area contributed by atoms with Crippen LogP contribution in [0.25, 0.3) is 10.9 Å². The van der Waals surface area contributed by atoms with Gasteiger partial charge in [0.25, 0.3) is 0 Å². The van der Waals surface area contributed by atoms with Crippen LogP contribution in [0.4, 0.5) is 5.69 Å².